The number of hydrazone groups is 1. The molecule has 1 amide bonds. The lowest BCUT2D eigenvalue weighted by atomic mass is 10.1. The fraction of sp³-hybridized carbons (Fsp3) is 0.158. The first-order valence-electron chi connectivity index (χ1n) is 7.50. The van der Waals surface area contributed by atoms with Crippen LogP contribution in [0.3, 0.4) is 0 Å². The van der Waals surface area contributed by atoms with Gasteiger partial charge in [-0.25, -0.2) is 5.43 Å². The lowest BCUT2D eigenvalue weighted by molar-refractivity contribution is 0.0956. The van der Waals surface area contributed by atoms with Gasteiger partial charge in [-0.2, -0.15) is 5.10 Å². The monoisotopic (exact) mass is 307 g/mol. The van der Waals surface area contributed by atoms with Gasteiger partial charge in [-0.1, -0.05) is 30.3 Å². The van der Waals surface area contributed by atoms with Gasteiger partial charge in [0.15, 0.2) is 0 Å². The van der Waals surface area contributed by atoms with Crippen molar-refractivity contribution >= 4 is 23.5 Å². The van der Waals surface area contributed by atoms with E-state index in [2.05, 4.69) is 35.8 Å². The predicted octanol–water partition coefficient (Wildman–Crippen LogP) is 4.34. The van der Waals surface area contributed by atoms with Gasteiger partial charge in [-0.3, -0.25) is 4.79 Å². The molecule has 4 nitrogen and oxygen atoms in total. The summed E-state index contributed by atoms with van der Waals surface area (Å²) in [5.41, 5.74) is 7.17. The maximum Gasteiger partial charge on any atom is 0.273 e. The highest BCUT2D eigenvalue weighted by Crippen LogP contribution is 2.25. The number of hydrogen-bond donors (Lipinski definition) is 2. The number of aryl methyl sites for hydroxylation is 1. The average Bonchev–Trinajstić information content (AvgIpc) is 2.56. The Kier molecular flexibility index (Phi) is 5.69. The number of nitrogens with one attached hydrogen (secondary N) is 2. The molecule has 0 radical (unpaired) electrons. The zero-order valence-electron chi connectivity index (χ0n) is 13.6. The number of allylic oxidation sites excluding steroid dienone is 2. The summed E-state index contributed by atoms with van der Waals surface area (Å²) in [6.45, 7) is 6.01. The molecule has 0 aliphatic carbocycles. The normalized spacial score (nSPS) is 11.1. The summed E-state index contributed by atoms with van der Waals surface area (Å²) in [5.74, 6) is -0.251. The molecule has 0 unspecified atom stereocenters. The number of nitrogens with zero attached hydrogens (tertiary/aromatic N) is 1. The molecule has 0 aromatic heterocycles. The first-order chi connectivity index (χ1) is 11.1. The second kappa shape index (κ2) is 7.94. The van der Waals surface area contributed by atoms with Crippen molar-refractivity contribution in [3.05, 3.63) is 71.3 Å². The van der Waals surface area contributed by atoms with Gasteiger partial charge in [0.1, 0.15) is 0 Å². The van der Waals surface area contributed by atoms with Gasteiger partial charge in [0.2, 0.25) is 0 Å². The van der Waals surface area contributed by atoms with Crippen molar-refractivity contribution in [2.75, 3.05) is 5.32 Å². The van der Waals surface area contributed by atoms with E-state index in [0.29, 0.717) is 5.56 Å². The van der Waals surface area contributed by atoms with Gasteiger partial charge >= 0.3 is 0 Å². The molecule has 0 saturated heterocycles. The Hall–Kier alpha value is -2.88. The first-order valence-corrected chi connectivity index (χ1v) is 7.50. The molecule has 0 fully saturated rings. The topological polar surface area (TPSA) is 53.5 Å². The molecule has 0 saturated carbocycles. The third-order valence-electron chi connectivity index (χ3n) is 3.56. The molecule has 2 N–H and O–H groups in total. The third kappa shape index (κ3) is 4.30. The minimum absolute atomic E-state index is 0.251. The molecular weight excluding hydrogens is 286 g/mol. The number of para-hydroxylation sites is 1. The molecule has 4 heteroatoms. The van der Waals surface area contributed by atoms with Crippen molar-refractivity contribution in [1.29, 1.82) is 0 Å². The summed E-state index contributed by atoms with van der Waals surface area (Å²) in [7, 11) is 0. The van der Waals surface area contributed by atoms with Crippen LogP contribution in [0.4, 0.5) is 11.4 Å². The smallest absolute Gasteiger partial charge is 0.273 e. The van der Waals surface area contributed by atoms with Gasteiger partial charge in [-0.15, -0.1) is 0 Å². The Morgan fingerprint density at radius 3 is 2.57 bits per heavy atom. The van der Waals surface area contributed by atoms with Crippen molar-refractivity contribution in [3.63, 3.8) is 0 Å². The Morgan fingerprint density at radius 2 is 1.78 bits per heavy atom. The number of benzene rings is 2. The van der Waals surface area contributed by atoms with Crippen molar-refractivity contribution in [3.8, 4) is 0 Å². The fourth-order valence-electron chi connectivity index (χ4n) is 2.11. The largest absolute Gasteiger partial charge is 0.355 e. The highest BCUT2D eigenvalue weighted by molar-refractivity contribution is 6.00. The van der Waals surface area contributed by atoms with Gasteiger partial charge in [0, 0.05) is 11.9 Å². The van der Waals surface area contributed by atoms with E-state index in [0.717, 1.165) is 16.9 Å². The summed E-state index contributed by atoms with van der Waals surface area (Å²) in [6.07, 6.45) is 5.13. The third-order valence-corrected chi connectivity index (χ3v) is 3.56. The number of carbonyl (C=O) groups excluding carboxylic acids is 1. The first kappa shape index (κ1) is 16.5. The van der Waals surface area contributed by atoms with Crippen molar-refractivity contribution in [2.45, 2.75) is 20.8 Å². The molecule has 0 spiro atoms. The molecule has 2 rings (SSSR count). The van der Waals surface area contributed by atoms with Crippen molar-refractivity contribution in [1.82, 2.24) is 5.43 Å². The van der Waals surface area contributed by atoms with Crippen LogP contribution in [-0.4, -0.2) is 12.1 Å². The minimum Gasteiger partial charge on any atom is -0.355 e. The molecule has 0 heterocycles. The van der Waals surface area contributed by atoms with Crippen LogP contribution in [-0.2, 0) is 0 Å². The van der Waals surface area contributed by atoms with Crippen LogP contribution in [0, 0.1) is 13.8 Å². The summed E-state index contributed by atoms with van der Waals surface area (Å²) >= 11 is 0. The molecule has 2 aromatic carbocycles. The van der Waals surface area contributed by atoms with Crippen molar-refractivity contribution in [2.24, 2.45) is 5.10 Å². The molecule has 118 valence electrons. The number of carbonyl (C=O) groups is 1. The predicted molar refractivity (Wildman–Crippen MR) is 96.4 cm³/mol. The second-order valence-corrected chi connectivity index (χ2v) is 5.16. The van der Waals surface area contributed by atoms with Crippen LogP contribution < -0.4 is 10.7 Å². The van der Waals surface area contributed by atoms with Crippen LogP contribution in [0.1, 0.15) is 28.4 Å². The minimum atomic E-state index is -0.251. The van der Waals surface area contributed by atoms with Crippen molar-refractivity contribution < 1.29 is 4.79 Å². The molecule has 0 atom stereocenters. The number of anilines is 2. The summed E-state index contributed by atoms with van der Waals surface area (Å²) in [5, 5.41) is 7.22. The number of amides is 1. The van der Waals surface area contributed by atoms with E-state index in [1.165, 1.54) is 5.56 Å². The standard InChI is InChI=1S/C19H21N3O/c1-4-5-13-20-22-19(23)16-10-6-7-11-18(16)21-17-12-8-9-14(2)15(17)3/h4-13,21H,1-3H3,(H,22,23)/b5-4+,20-13+. The van der Waals surface area contributed by atoms with Crippen LogP contribution in [0.5, 0.6) is 0 Å². The lowest BCUT2D eigenvalue weighted by Crippen LogP contribution is -2.18. The van der Waals surface area contributed by atoms with E-state index < -0.39 is 0 Å². The quantitative estimate of drug-likeness (QED) is 0.638. The maximum atomic E-state index is 12.3. The van der Waals surface area contributed by atoms with Crippen LogP contribution in [0.15, 0.2) is 59.7 Å². The van der Waals surface area contributed by atoms with Gasteiger partial charge in [-0.05, 0) is 56.2 Å². The highest BCUT2D eigenvalue weighted by atomic mass is 16.2. The highest BCUT2D eigenvalue weighted by Gasteiger charge is 2.11. The zero-order valence-corrected chi connectivity index (χ0v) is 13.6. The number of rotatable bonds is 5. The fourth-order valence-corrected chi connectivity index (χ4v) is 2.11. The Bertz CT molecular complexity index is 748. The van der Waals surface area contributed by atoms with E-state index in [1.54, 1.807) is 18.4 Å². The summed E-state index contributed by atoms with van der Waals surface area (Å²) in [4.78, 5) is 12.3. The maximum absolute atomic E-state index is 12.3. The van der Waals surface area contributed by atoms with E-state index in [-0.39, 0.29) is 5.91 Å². The number of hydrogen-bond acceptors (Lipinski definition) is 3. The van der Waals surface area contributed by atoms with E-state index in [4.69, 9.17) is 0 Å². The van der Waals surface area contributed by atoms with E-state index >= 15 is 0 Å². The molecular formula is C19H21N3O. The van der Waals surface area contributed by atoms with Crippen LogP contribution in [0.25, 0.3) is 0 Å². The molecule has 0 aliphatic rings. The molecule has 2 aromatic rings. The zero-order chi connectivity index (χ0) is 16.7. The SMILES string of the molecule is C/C=C/C=N/NC(=O)c1ccccc1Nc1cccc(C)c1C. The Balaban J connectivity index is 2.23. The Morgan fingerprint density at radius 1 is 1.04 bits per heavy atom. The molecule has 0 bridgehead atoms. The van der Waals surface area contributed by atoms with E-state index in [1.807, 2.05) is 43.3 Å². The Labute approximate surface area is 136 Å². The van der Waals surface area contributed by atoms with Gasteiger partial charge < -0.3 is 5.32 Å². The molecule has 23 heavy (non-hydrogen) atoms. The second-order valence-electron chi connectivity index (χ2n) is 5.16. The van der Waals surface area contributed by atoms with Crippen LogP contribution in [0.2, 0.25) is 0 Å². The average molecular weight is 307 g/mol. The summed E-state index contributed by atoms with van der Waals surface area (Å²) in [6, 6.07) is 13.4. The summed E-state index contributed by atoms with van der Waals surface area (Å²) < 4.78 is 0. The van der Waals surface area contributed by atoms with E-state index in [9.17, 15) is 4.79 Å². The molecule has 0 aliphatic heterocycles. The van der Waals surface area contributed by atoms with Gasteiger partial charge in [0.05, 0.1) is 11.3 Å². The van der Waals surface area contributed by atoms with Gasteiger partial charge in [0.25, 0.3) is 5.91 Å². The lowest BCUT2D eigenvalue weighted by Gasteiger charge is -2.14. The van der Waals surface area contributed by atoms with Crippen LogP contribution >= 0.6 is 0 Å².